The van der Waals surface area contributed by atoms with E-state index in [2.05, 4.69) is 4.99 Å². The average Bonchev–Trinajstić information content (AvgIpc) is 3.12. The summed E-state index contributed by atoms with van der Waals surface area (Å²) in [5, 5.41) is 0. The Morgan fingerprint density at radius 2 is 1.06 bits per heavy atom. The molecule has 1 heterocycles. The molecule has 0 aromatic heterocycles. The van der Waals surface area contributed by atoms with Crippen molar-refractivity contribution in [2.75, 3.05) is 11.8 Å². The van der Waals surface area contributed by atoms with E-state index in [1.807, 2.05) is 91.0 Å². The fourth-order valence-electron chi connectivity index (χ4n) is 4.91. The molecule has 13 heteroatoms. The Morgan fingerprint density at radius 3 is 1.53 bits per heavy atom. The zero-order chi connectivity index (χ0) is 34.3. The molecule has 0 bridgehead atoms. The minimum absolute atomic E-state index is 0.0248. The first kappa shape index (κ1) is 36.9. The molecule has 0 amide bonds. The largest absolute Gasteiger partial charge is 0.468 e. The zero-order valence-corrected chi connectivity index (χ0v) is 28.0. The number of nitrogens with two attached hydrogens (primary N) is 1. The molecule has 2 N–H and O–H groups in total. The molecule has 1 saturated heterocycles. The second kappa shape index (κ2) is 19.1. The molecule has 0 spiro atoms. The van der Waals surface area contributed by atoms with Crippen molar-refractivity contribution in [2.45, 2.75) is 56.9 Å². The summed E-state index contributed by atoms with van der Waals surface area (Å²) >= 11 is 0. The third kappa shape index (κ3) is 11.6. The lowest BCUT2D eigenvalue weighted by Crippen LogP contribution is -2.62. The number of hydrogen-bond donors (Lipinski definition) is 1. The summed E-state index contributed by atoms with van der Waals surface area (Å²) in [6.07, 6.45) is -11.0. The van der Waals surface area contributed by atoms with Crippen LogP contribution in [0.1, 0.15) is 16.7 Å². The van der Waals surface area contributed by atoms with Crippen LogP contribution in [-0.2, 0) is 48.2 Å². The van der Waals surface area contributed by atoms with Gasteiger partial charge in [0.05, 0.1) is 25.5 Å². The number of alkyl halides is 3. The monoisotopic (exact) mass is 714 g/mol. The fourth-order valence-corrected chi connectivity index (χ4v) is 5.93. The molecule has 1 aliphatic heterocycles. The van der Waals surface area contributed by atoms with Crippen molar-refractivity contribution in [3.63, 3.8) is 0 Å². The van der Waals surface area contributed by atoms with E-state index in [0.717, 1.165) is 16.7 Å². The molecule has 8 nitrogen and oxygen atoms in total. The van der Waals surface area contributed by atoms with E-state index in [-0.39, 0.29) is 31.4 Å². The number of ether oxygens (including phenoxy) is 6. The highest BCUT2D eigenvalue weighted by molar-refractivity contribution is 8.76. The molecular weight excluding hydrogens is 678 g/mol. The molecule has 4 aromatic carbocycles. The Bertz CT molecular complexity index is 1540. The van der Waals surface area contributed by atoms with Crippen LogP contribution in [0.2, 0.25) is 0 Å². The van der Waals surface area contributed by atoms with Gasteiger partial charge >= 0.3 is 6.18 Å². The Labute approximate surface area is 291 Å². The summed E-state index contributed by atoms with van der Waals surface area (Å²) in [5.74, 6) is -1.08. The lowest BCUT2D eigenvalue weighted by atomic mass is 10.0. The van der Waals surface area contributed by atoms with Gasteiger partial charge in [0.15, 0.2) is 6.29 Å². The van der Waals surface area contributed by atoms with Crippen LogP contribution in [0.15, 0.2) is 126 Å². The van der Waals surface area contributed by atoms with Crippen LogP contribution in [-0.4, -0.2) is 54.8 Å². The predicted molar refractivity (Wildman–Crippen MR) is 185 cm³/mol. The van der Waals surface area contributed by atoms with Gasteiger partial charge in [-0.3, -0.25) is 0 Å². The third-order valence-corrected chi connectivity index (χ3v) is 8.93. The zero-order valence-electron chi connectivity index (χ0n) is 26.4. The summed E-state index contributed by atoms with van der Waals surface area (Å²) in [5.41, 5.74) is 8.18. The van der Waals surface area contributed by atoms with Crippen LogP contribution in [0.5, 0.6) is 0 Å². The van der Waals surface area contributed by atoms with Crippen molar-refractivity contribution in [2.24, 2.45) is 10.7 Å². The standard InChI is InChI=1S/C36H37F3N2O6S2/c37-36(38,39)35(41-29-19-11-4-12-20-29)47-34-32(44-23-28-17-9-3-10-18-28)30(42-21-26-13-5-1-6-14-26)31(33(46-34)45-25-49-48-24-40)43-22-27-15-7-2-8-16-27/h1-20,30-34H,21-25,40H2. The SMILES string of the molecule is NCSSCOC1OC(OC(=Nc2ccccc2)C(F)(F)F)C(OCc2ccccc2)C(OCc2ccccc2)C1OCc1ccccc1. The summed E-state index contributed by atoms with van der Waals surface area (Å²) in [4.78, 5) is 3.80. The lowest BCUT2D eigenvalue weighted by molar-refractivity contribution is -0.356. The average molecular weight is 715 g/mol. The van der Waals surface area contributed by atoms with Gasteiger partial charge in [-0.15, -0.1) is 0 Å². The quantitative estimate of drug-likeness (QED) is 0.0408. The molecule has 260 valence electrons. The number of halogens is 3. The maximum Gasteiger partial charge on any atom is 0.468 e. The van der Waals surface area contributed by atoms with Crippen LogP contribution in [0, 0.1) is 0 Å². The van der Waals surface area contributed by atoms with Gasteiger partial charge < -0.3 is 34.2 Å². The molecular formula is C36H37F3N2O6S2. The molecule has 0 saturated carbocycles. The second-order valence-corrected chi connectivity index (χ2v) is 13.2. The highest BCUT2D eigenvalue weighted by Gasteiger charge is 2.52. The van der Waals surface area contributed by atoms with E-state index in [0.29, 0.717) is 5.88 Å². The van der Waals surface area contributed by atoms with E-state index >= 15 is 0 Å². The Kier molecular flexibility index (Phi) is 14.4. The summed E-state index contributed by atoms with van der Waals surface area (Å²) in [6.45, 7) is 0.269. The normalized spacial score (nSPS) is 21.4. The third-order valence-electron chi connectivity index (χ3n) is 7.20. The van der Waals surface area contributed by atoms with Gasteiger partial charge in [0, 0.05) is 5.88 Å². The number of hydrogen-bond acceptors (Lipinski definition) is 10. The molecule has 5 unspecified atom stereocenters. The lowest BCUT2D eigenvalue weighted by Gasteiger charge is -2.45. The molecule has 1 aliphatic rings. The first-order valence-electron chi connectivity index (χ1n) is 15.5. The first-order chi connectivity index (χ1) is 23.9. The highest BCUT2D eigenvalue weighted by Crippen LogP contribution is 2.35. The first-order valence-corrected chi connectivity index (χ1v) is 17.9. The van der Waals surface area contributed by atoms with Gasteiger partial charge in [-0.05, 0) is 28.8 Å². The summed E-state index contributed by atoms with van der Waals surface area (Å²) in [6, 6.07) is 35.8. The number of para-hydroxylation sites is 1. The van der Waals surface area contributed by atoms with E-state index in [1.54, 1.807) is 18.2 Å². The van der Waals surface area contributed by atoms with Gasteiger partial charge in [0.25, 0.3) is 5.90 Å². The Balaban J connectivity index is 1.52. The van der Waals surface area contributed by atoms with Crippen LogP contribution in [0.4, 0.5) is 18.9 Å². The molecule has 49 heavy (non-hydrogen) atoms. The van der Waals surface area contributed by atoms with Gasteiger partial charge in [-0.25, -0.2) is 4.99 Å². The van der Waals surface area contributed by atoms with Crippen molar-refractivity contribution in [3.05, 3.63) is 138 Å². The molecule has 5 atom stereocenters. The number of rotatable bonds is 16. The molecule has 1 fully saturated rings. The second-order valence-electron chi connectivity index (χ2n) is 10.7. The molecule has 5 rings (SSSR count). The minimum Gasteiger partial charge on any atom is -0.441 e. The highest BCUT2D eigenvalue weighted by atomic mass is 33.1. The Hall–Kier alpha value is -3.40. The smallest absolute Gasteiger partial charge is 0.441 e. The predicted octanol–water partition coefficient (Wildman–Crippen LogP) is 8.01. The van der Waals surface area contributed by atoms with Crippen molar-refractivity contribution >= 4 is 33.2 Å². The molecule has 0 radical (unpaired) electrons. The van der Waals surface area contributed by atoms with Crippen molar-refractivity contribution in [1.82, 2.24) is 0 Å². The maximum atomic E-state index is 14.5. The summed E-state index contributed by atoms with van der Waals surface area (Å²) in [7, 11) is 2.68. The van der Waals surface area contributed by atoms with Crippen LogP contribution in [0.25, 0.3) is 0 Å². The van der Waals surface area contributed by atoms with E-state index < -0.39 is 43.0 Å². The summed E-state index contributed by atoms with van der Waals surface area (Å²) < 4.78 is 80.8. The van der Waals surface area contributed by atoms with Gasteiger partial charge in [-0.2, -0.15) is 13.2 Å². The molecule has 4 aromatic rings. The molecule has 0 aliphatic carbocycles. The van der Waals surface area contributed by atoms with E-state index in [1.165, 1.54) is 33.7 Å². The van der Waals surface area contributed by atoms with Gasteiger partial charge in [0.1, 0.15) is 24.3 Å². The Morgan fingerprint density at radius 1 is 0.612 bits per heavy atom. The number of nitrogens with zero attached hydrogens (tertiary/aromatic N) is 1. The van der Waals surface area contributed by atoms with Crippen molar-refractivity contribution in [3.8, 4) is 0 Å². The van der Waals surface area contributed by atoms with Gasteiger partial charge in [-0.1, -0.05) is 131 Å². The minimum atomic E-state index is -4.96. The topological polar surface area (TPSA) is 93.8 Å². The van der Waals surface area contributed by atoms with Crippen LogP contribution >= 0.6 is 21.6 Å². The van der Waals surface area contributed by atoms with Gasteiger partial charge in [0.2, 0.25) is 6.29 Å². The fraction of sp³-hybridized carbons (Fsp3) is 0.306. The number of benzene rings is 4. The number of aliphatic imine (C=N–C) groups is 1. The van der Waals surface area contributed by atoms with E-state index in [9.17, 15) is 13.2 Å². The van der Waals surface area contributed by atoms with Crippen molar-refractivity contribution in [1.29, 1.82) is 0 Å². The van der Waals surface area contributed by atoms with Crippen LogP contribution in [0.3, 0.4) is 0 Å². The maximum absolute atomic E-state index is 14.5. The van der Waals surface area contributed by atoms with E-state index in [4.69, 9.17) is 34.2 Å². The van der Waals surface area contributed by atoms with Crippen molar-refractivity contribution < 1.29 is 41.6 Å². The van der Waals surface area contributed by atoms with Crippen LogP contribution < -0.4 is 5.73 Å².